The number of nitrogens with zero attached hydrogens (tertiary/aromatic N) is 1. The van der Waals surface area contributed by atoms with Crippen molar-refractivity contribution in [2.24, 2.45) is 0 Å². The van der Waals surface area contributed by atoms with Crippen LogP contribution >= 0.6 is 0 Å². The molecule has 25 heavy (non-hydrogen) atoms. The topological polar surface area (TPSA) is 82.4 Å². The fourth-order valence-corrected chi connectivity index (χ4v) is 4.11. The third-order valence-corrected chi connectivity index (χ3v) is 5.33. The number of hydrogen-bond donors (Lipinski definition) is 3. The van der Waals surface area contributed by atoms with Gasteiger partial charge < -0.3 is 24.8 Å². The first-order valence-electron chi connectivity index (χ1n) is 8.18. The van der Waals surface area contributed by atoms with Crippen LogP contribution in [-0.4, -0.2) is 48.0 Å². The summed E-state index contributed by atoms with van der Waals surface area (Å²) in [6.45, 7) is 0.476. The Labute approximate surface area is 145 Å². The molecule has 1 aliphatic heterocycles. The summed E-state index contributed by atoms with van der Waals surface area (Å²) in [5.41, 5.74) is 3.91. The highest BCUT2D eigenvalue weighted by Gasteiger charge is 2.39. The number of likely N-dealkylation sites (N-methyl/N-ethyl adjacent to an activating group) is 1. The Morgan fingerprint density at radius 2 is 1.76 bits per heavy atom. The van der Waals surface area contributed by atoms with Crippen molar-refractivity contribution in [3.8, 4) is 34.1 Å². The predicted octanol–water partition coefficient (Wildman–Crippen LogP) is 2.36. The number of aliphatic hydroxyl groups excluding tert-OH is 1. The molecule has 0 saturated carbocycles. The molecule has 4 rings (SSSR count). The Morgan fingerprint density at radius 3 is 2.44 bits per heavy atom. The van der Waals surface area contributed by atoms with Crippen LogP contribution in [0.25, 0.3) is 11.1 Å². The first kappa shape index (κ1) is 16.1. The quantitative estimate of drug-likeness (QED) is 0.726. The lowest BCUT2D eigenvalue weighted by molar-refractivity contribution is 0.0828. The van der Waals surface area contributed by atoms with Gasteiger partial charge in [-0.1, -0.05) is 0 Å². The summed E-state index contributed by atoms with van der Waals surface area (Å²) < 4.78 is 10.8. The zero-order valence-corrected chi connectivity index (χ0v) is 14.4. The number of aromatic hydroxyl groups is 2. The first-order chi connectivity index (χ1) is 12.0. The van der Waals surface area contributed by atoms with E-state index in [4.69, 9.17) is 9.47 Å². The monoisotopic (exact) mass is 343 g/mol. The van der Waals surface area contributed by atoms with Gasteiger partial charge in [-0.15, -0.1) is 0 Å². The van der Waals surface area contributed by atoms with Crippen molar-refractivity contribution in [1.29, 1.82) is 0 Å². The molecule has 132 valence electrons. The molecular formula is C19H21NO5. The lowest BCUT2D eigenvalue weighted by Gasteiger charge is -2.42. The van der Waals surface area contributed by atoms with E-state index >= 15 is 0 Å². The van der Waals surface area contributed by atoms with Gasteiger partial charge in [0.1, 0.15) is 0 Å². The van der Waals surface area contributed by atoms with Crippen molar-refractivity contribution < 1.29 is 24.8 Å². The molecule has 0 saturated heterocycles. The summed E-state index contributed by atoms with van der Waals surface area (Å²) in [5.74, 6) is 0.794. The summed E-state index contributed by atoms with van der Waals surface area (Å²) >= 11 is 0. The van der Waals surface area contributed by atoms with Crippen LogP contribution in [0.1, 0.15) is 28.8 Å². The Morgan fingerprint density at radius 1 is 1.08 bits per heavy atom. The third-order valence-electron chi connectivity index (χ3n) is 5.33. The zero-order chi connectivity index (χ0) is 17.9. The molecule has 2 aromatic rings. The van der Waals surface area contributed by atoms with Crippen LogP contribution in [-0.2, 0) is 6.42 Å². The number of benzene rings is 2. The van der Waals surface area contributed by atoms with Crippen molar-refractivity contribution >= 4 is 0 Å². The molecule has 0 radical (unpaired) electrons. The molecule has 0 bridgehead atoms. The van der Waals surface area contributed by atoms with Crippen LogP contribution in [0.2, 0.25) is 0 Å². The molecule has 1 aliphatic carbocycles. The van der Waals surface area contributed by atoms with Gasteiger partial charge >= 0.3 is 0 Å². The summed E-state index contributed by atoms with van der Waals surface area (Å²) in [7, 11) is 5.10. The van der Waals surface area contributed by atoms with Gasteiger partial charge in [-0.25, -0.2) is 0 Å². The summed E-state index contributed by atoms with van der Waals surface area (Å²) in [4.78, 5) is 2.08. The van der Waals surface area contributed by atoms with E-state index < -0.39 is 6.10 Å². The van der Waals surface area contributed by atoms with E-state index in [0.717, 1.165) is 23.1 Å². The number of phenols is 2. The highest BCUT2D eigenvalue weighted by Crippen LogP contribution is 2.54. The Hall–Kier alpha value is -2.44. The van der Waals surface area contributed by atoms with Crippen molar-refractivity contribution in [2.75, 3.05) is 27.8 Å². The highest BCUT2D eigenvalue weighted by molar-refractivity contribution is 5.84. The van der Waals surface area contributed by atoms with Gasteiger partial charge in [0.25, 0.3) is 0 Å². The lowest BCUT2D eigenvalue weighted by atomic mass is 9.76. The van der Waals surface area contributed by atoms with Crippen LogP contribution in [0.3, 0.4) is 0 Å². The minimum Gasteiger partial charge on any atom is -0.504 e. The van der Waals surface area contributed by atoms with Crippen LogP contribution in [0, 0.1) is 0 Å². The molecule has 1 heterocycles. The normalized spacial score (nSPS) is 21.4. The van der Waals surface area contributed by atoms with Crippen molar-refractivity contribution in [1.82, 2.24) is 4.90 Å². The van der Waals surface area contributed by atoms with Gasteiger partial charge in [-0.3, -0.25) is 4.90 Å². The van der Waals surface area contributed by atoms with Gasteiger partial charge in [0.2, 0.25) is 0 Å². The molecule has 0 fully saturated rings. The number of methoxy groups -OCH3 is 2. The first-order valence-corrected chi connectivity index (χ1v) is 8.18. The fourth-order valence-electron chi connectivity index (χ4n) is 4.11. The number of fused-ring (bicyclic) bond motifs is 2. The van der Waals surface area contributed by atoms with Crippen molar-refractivity contribution in [2.45, 2.75) is 18.6 Å². The second-order valence-electron chi connectivity index (χ2n) is 6.66. The van der Waals surface area contributed by atoms with E-state index in [-0.39, 0.29) is 17.5 Å². The maximum absolute atomic E-state index is 10.6. The van der Waals surface area contributed by atoms with E-state index in [2.05, 4.69) is 4.90 Å². The van der Waals surface area contributed by atoms with Crippen LogP contribution in [0.4, 0.5) is 0 Å². The second-order valence-corrected chi connectivity index (χ2v) is 6.66. The molecule has 0 amide bonds. The minimum atomic E-state index is -0.705. The van der Waals surface area contributed by atoms with Gasteiger partial charge in [-0.05, 0) is 53.9 Å². The largest absolute Gasteiger partial charge is 0.504 e. The molecule has 6 heteroatoms. The molecule has 2 atom stereocenters. The fraction of sp³-hybridized carbons (Fsp3) is 0.368. The van der Waals surface area contributed by atoms with Gasteiger partial charge in [-0.2, -0.15) is 0 Å². The molecular weight excluding hydrogens is 322 g/mol. The SMILES string of the molecule is COc1cc2c(cc1OC)-c1c(O)c(O)cc3c1[C@H](C2)N(C)C[C@H]3O. The Bertz CT molecular complexity index is 864. The zero-order valence-electron chi connectivity index (χ0n) is 14.4. The lowest BCUT2D eigenvalue weighted by Crippen LogP contribution is -2.38. The number of phenolic OH excluding ortho intramolecular Hbond substituents is 2. The third kappa shape index (κ3) is 2.18. The van der Waals surface area contributed by atoms with E-state index in [1.807, 2.05) is 19.2 Å². The Kier molecular flexibility index (Phi) is 3.56. The van der Waals surface area contributed by atoms with Gasteiger partial charge in [0.05, 0.1) is 20.3 Å². The molecule has 0 aromatic heterocycles. The van der Waals surface area contributed by atoms with E-state index in [1.54, 1.807) is 14.2 Å². The van der Waals surface area contributed by atoms with Gasteiger partial charge in [0.15, 0.2) is 23.0 Å². The summed E-state index contributed by atoms with van der Waals surface area (Å²) in [6, 6.07) is 5.23. The van der Waals surface area contributed by atoms with E-state index in [9.17, 15) is 15.3 Å². The molecule has 2 aliphatic rings. The molecule has 2 aromatic carbocycles. The van der Waals surface area contributed by atoms with Crippen LogP contribution < -0.4 is 9.47 Å². The second kappa shape index (κ2) is 5.54. The summed E-state index contributed by atoms with van der Waals surface area (Å²) in [5, 5.41) is 31.3. The minimum absolute atomic E-state index is 0.0190. The molecule has 3 N–H and O–H groups in total. The van der Waals surface area contributed by atoms with E-state index in [0.29, 0.717) is 29.2 Å². The maximum atomic E-state index is 10.6. The summed E-state index contributed by atoms with van der Waals surface area (Å²) in [6.07, 6.45) is 0.0199. The average molecular weight is 343 g/mol. The number of hydrogen-bond acceptors (Lipinski definition) is 6. The van der Waals surface area contributed by atoms with Crippen LogP contribution in [0.5, 0.6) is 23.0 Å². The Balaban J connectivity index is 2.06. The number of aliphatic hydroxyl groups is 1. The van der Waals surface area contributed by atoms with Crippen molar-refractivity contribution in [3.05, 3.63) is 34.9 Å². The number of β-amino-alcohol motifs (C(OH)–C–C–N with tert-alkyl or cyclic N) is 1. The molecule has 0 spiro atoms. The molecule has 0 unspecified atom stereocenters. The predicted molar refractivity (Wildman–Crippen MR) is 92.3 cm³/mol. The number of rotatable bonds is 2. The number of ether oxygens (including phenoxy) is 2. The van der Waals surface area contributed by atoms with Crippen molar-refractivity contribution in [3.63, 3.8) is 0 Å². The average Bonchev–Trinajstić information content (AvgIpc) is 2.60. The standard InChI is InChI=1S/C19H21NO5/c1-20-8-14(22)11-6-13(21)19(23)18-10-7-16(25-3)15(24-2)5-9(10)4-12(20)17(11)18/h5-7,12,14,21-23H,4,8H2,1-3H3/t12-,14+/m0/s1. The maximum Gasteiger partial charge on any atom is 0.165 e. The van der Waals surface area contributed by atoms with Gasteiger partial charge in [0, 0.05) is 18.2 Å². The molecule has 6 nitrogen and oxygen atoms in total. The van der Waals surface area contributed by atoms with Crippen LogP contribution in [0.15, 0.2) is 18.2 Å². The smallest absolute Gasteiger partial charge is 0.165 e. The van der Waals surface area contributed by atoms with E-state index in [1.165, 1.54) is 6.07 Å². The highest BCUT2D eigenvalue weighted by atomic mass is 16.5.